The fourth-order valence-electron chi connectivity index (χ4n) is 0.588. The molecule has 2 N–H and O–H groups in total. The van der Waals surface area contributed by atoms with Crippen molar-refractivity contribution >= 4 is 11.6 Å². The monoisotopic (exact) mass is 274 g/mol. The number of hydrogen-bond acceptors (Lipinski definition) is 4. The van der Waals surface area contributed by atoms with E-state index in [0.29, 0.717) is 0 Å². The van der Waals surface area contributed by atoms with E-state index in [0.717, 1.165) is 0 Å². The van der Waals surface area contributed by atoms with Crippen molar-refractivity contribution in [1.82, 2.24) is 0 Å². The van der Waals surface area contributed by atoms with Crippen LogP contribution in [0.3, 0.4) is 0 Å². The Hall–Kier alpha value is -1.07. The minimum absolute atomic E-state index is 0. The molecule has 97 valence electrons. The number of carbonyl (C=O) groups is 2. The molecule has 0 spiro atoms. The summed E-state index contributed by atoms with van der Waals surface area (Å²) in [5, 5.41) is 16.7. The van der Waals surface area contributed by atoms with Gasteiger partial charge in [-0.15, -0.1) is 0 Å². The molecule has 0 aliphatic carbocycles. The van der Waals surface area contributed by atoms with Gasteiger partial charge >= 0.3 is 0 Å². The zero-order valence-electron chi connectivity index (χ0n) is 10.2. The summed E-state index contributed by atoms with van der Waals surface area (Å²) in [6.45, 7) is 5.70. The van der Waals surface area contributed by atoms with Crippen molar-refractivity contribution < 1.29 is 36.6 Å². The minimum atomic E-state index is -0.125. The third-order valence-electron chi connectivity index (χ3n) is 0.824. The van der Waals surface area contributed by atoms with Gasteiger partial charge in [0.2, 0.25) is 0 Å². The first kappa shape index (κ1) is 24.2. The standard InChI is InChI=1S/2C5H8O2.CH3.Co/c2*1-4(6)3-5(2)7;;/h2*3,6H,1-2H3;1H3;/q;;-1;/b2*4-3-;;. The van der Waals surface area contributed by atoms with Crippen LogP contribution in [0.4, 0.5) is 0 Å². The average Bonchev–Trinajstić information content (AvgIpc) is 1.79. The van der Waals surface area contributed by atoms with E-state index in [-0.39, 0.29) is 47.3 Å². The van der Waals surface area contributed by atoms with Gasteiger partial charge in [-0.1, -0.05) is 0 Å². The molecule has 0 bridgehead atoms. The summed E-state index contributed by atoms with van der Waals surface area (Å²) < 4.78 is 0. The van der Waals surface area contributed by atoms with Gasteiger partial charge in [0, 0.05) is 28.9 Å². The molecule has 16 heavy (non-hydrogen) atoms. The Morgan fingerprint density at radius 3 is 1.00 bits per heavy atom. The van der Waals surface area contributed by atoms with Crippen LogP contribution in [0.2, 0.25) is 0 Å². The Morgan fingerprint density at radius 1 is 0.812 bits per heavy atom. The molecule has 0 heterocycles. The molecule has 0 aromatic rings. The quantitative estimate of drug-likeness (QED) is 0.461. The van der Waals surface area contributed by atoms with E-state index < -0.39 is 0 Å². The largest absolute Gasteiger partial charge is 0.512 e. The number of aliphatic hydroxyl groups is 2. The summed E-state index contributed by atoms with van der Waals surface area (Å²) >= 11 is 0. The zero-order chi connectivity index (χ0) is 11.7. The van der Waals surface area contributed by atoms with Crippen LogP contribution in [0.25, 0.3) is 0 Å². The Morgan fingerprint density at radius 2 is 1.00 bits per heavy atom. The van der Waals surface area contributed by atoms with E-state index in [2.05, 4.69) is 0 Å². The van der Waals surface area contributed by atoms with Crippen LogP contribution in [-0.2, 0) is 26.4 Å². The Bertz CT molecular complexity index is 231. The summed E-state index contributed by atoms with van der Waals surface area (Å²) in [6, 6.07) is 0. The van der Waals surface area contributed by atoms with Gasteiger partial charge in [-0.2, -0.15) is 0 Å². The van der Waals surface area contributed by atoms with Crippen molar-refractivity contribution in [3.63, 3.8) is 0 Å². The van der Waals surface area contributed by atoms with Gasteiger partial charge in [-0.05, 0) is 27.7 Å². The third kappa shape index (κ3) is 38.3. The maximum atomic E-state index is 10.0. The molecule has 0 saturated heterocycles. The molecule has 0 aromatic heterocycles. The minimum Gasteiger partial charge on any atom is -0.512 e. The van der Waals surface area contributed by atoms with Gasteiger partial charge in [0.15, 0.2) is 11.6 Å². The van der Waals surface area contributed by atoms with Gasteiger partial charge in [-0.25, -0.2) is 0 Å². The van der Waals surface area contributed by atoms with Crippen LogP contribution in [0.5, 0.6) is 0 Å². The average molecular weight is 274 g/mol. The molecular formula is C11H19CoO4-. The van der Waals surface area contributed by atoms with E-state index in [9.17, 15) is 9.59 Å². The number of hydrogen-bond donors (Lipinski definition) is 2. The van der Waals surface area contributed by atoms with Gasteiger partial charge < -0.3 is 17.6 Å². The van der Waals surface area contributed by atoms with Crippen molar-refractivity contribution in [2.45, 2.75) is 27.7 Å². The maximum absolute atomic E-state index is 10.0. The number of aliphatic hydroxyl groups excluding tert-OH is 2. The molecule has 0 saturated carbocycles. The molecule has 0 rings (SSSR count). The van der Waals surface area contributed by atoms with E-state index in [1.807, 2.05) is 0 Å². The molecular weight excluding hydrogens is 255 g/mol. The van der Waals surface area contributed by atoms with Crippen LogP contribution in [0.1, 0.15) is 27.7 Å². The second kappa shape index (κ2) is 13.9. The second-order valence-corrected chi connectivity index (χ2v) is 2.79. The van der Waals surface area contributed by atoms with Crippen LogP contribution in [0.15, 0.2) is 23.7 Å². The third-order valence-corrected chi connectivity index (χ3v) is 0.824. The van der Waals surface area contributed by atoms with Crippen LogP contribution < -0.4 is 0 Å². The summed E-state index contributed by atoms with van der Waals surface area (Å²) in [7, 11) is 0. The molecule has 0 aliphatic heterocycles. The normalized spacial score (nSPS) is 10.0. The van der Waals surface area contributed by atoms with E-state index in [1.165, 1.54) is 39.8 Å². The second-order valence-electron chi connectivity index (χ2n) is 2.79. The van der Waals surface area contributed by atoms with Crippen LogP contribution >= 0.6 is 0 Å². The van der Waals surface area contributed by atoms with Gasteiger partial charge in [0.25, 0.3) is 0 Å². The molecule has 5 heteroatoms. The summed E-state index contributed by atoms with van der Waals surface area (Å²) in [5.74, 6) is -0.125. The van der Waals surface area contributed by atoms with Crippen molar-refractivity contribution in [1.29, 1.82) is 0 Å². The molecule has 0 aliphatic rings. The fraction of sp³-hybridized carbons (Fsp3) is 0.364. The fourth-order valence-corrected chi connectivity index (χ4v) is 0.588. The molecule has 0 aromatic carbocycles. The van der Waals surface area contributed by atoms with Crippen molar-refractivity contribution in [3.8, 4) is 0 Å². The molecule has 0 fully saturated rings. The number of carbonyl (C=O) groups excluding carboxylic acids is 2. The van der Waals surface area contributed by atoms with Crippen molar-refractivity contribution in [3.05, 3.63) is 31.1 Å². The number of ketones is 2. The van der Waals surface area contributed by atoms with Crippen molar-refractivity contribution in [2.24, 2.45) is 0 Å². The summed E-state index contributed by atoms with van der Waals surface area (Å²) in [4.78, 5) is 20.0. The smallest absolute Gasteiger partial charge is 0.155 e. The van der Waals surface area contributed by atoms with Crippen molar-refractivity contribution in [2.75, 3.05) is 0 Å². The molecule has 0 unspecified atom stereocenters. The summed E-state index contributed by atoms with van der Waals surface area (Å²) in [5.41, 5.74) is 0. The summed E-state index contributed by atoms with van der Waals surface area (Å²) in [6.07, 6.45) is 2.33. The first-order chi connectivity index (χ1) is 6.25. The van der Waals surface area contributed by atoms with Gasteiger partial charge in [0.1, 0.15) is 0 Å². The molecule has 4 nitrogen and oxygen atoms in total. The Kier molecular flexibility index (Phi) is 21.1. The van der Waals surface area contributed by atoms with Crippen LogP contribution in [-0.4, -0.2) is 21.8 Å². The zero-order valence-corrected chi connectivity index (χ0v) is 11.2. The molecule has 1 radical (unpaired) electrons. The number of rotatable bonds is 2. The predicted octanol–water partition coefficient (Wildman–Crippen LogP) is 2.52. The first-order valence-electron chi connectivity index (χ1n) is 4.01. The predicted molar refractivity (Wildman–Crippen MR) is 60.5 cm³/mol. The molecule has 0 atom stereocenters. The van der Waals surface area contributed by atoms with Gasteiger partial charge in [-0.3, -0.25) is 9.59 Å². The van der Waals surface area contributed by atoms with E-state index in [1.54, 1.807) is 0 Å². The van der Waals surface area contributed by atoms with E-state index in [4.69, 9.17) is 10.2 Å². The number of allylic oxidation sites excluding steroid dienone is 4. The maximum Gasteiger partial charge on any atom is 0.155 e. The Labute approximate surface area is 107 Å². The van der Waals surface area contributed by atoms with Crippen LogP contribution in [0, 0.1) is 7.43 Å². The SMILES string of the molecule is CC(=O)/C=C(/C)O.CC(=O)/C=C(/C)O.[CH3-].[Co]. The molecule has 0 amide bonds. The first-order valence-corrected chi connectivity index (χ1v) is 4.01. The van der Waals surface area contributed by atoms with Gasteiger partial charge in [0.05, 0.1) is 11.5 Å². The Balaban J connectivity index is -0.0000000800. The topological polar surface area (TPSA) is 74.6 Å². The van der Waals surface area contributed by atoms with E-state index >= 15 is 0 Å².